The third-order valence-corrected chi connectivity index (χ3v) is 3.17. The number of carbonyl (C=O) groups is 1. The zero-order chi connectivity index (χ0) is 14.4. The van der Waals surface area contributed by atoms with Crippen LogP contribution < -0.4 is 10.6 Å². The number of nitrogens with zero attached hydrogens (tertiary/aromatic N) is 2. The molecular formula is C14H21N3O2. The van der Waals surface area contributed by atoms with E-state index in [1.807, 2.05) is 45.0 Å². The predicted octanol–water partition coefficient (Wildman–Crippen LogP) is 2.12. The first-order chi connectivity index (χ1) is 9.06. The fraction of sp³-hybridized carbons (Fsp3) is 0.429. The normalized spacial score (nSPS) is 13.1. The number of amides is 1. The van der Waals surface area contributed by atoms with Gasteiger partial charge in [0.15, 0.2) is 5.84 Å². The van der Waals surface area contributed by atoms with Crippen molar-refractivity contribution < 1.29 is 10.0 Å². The summed E-state index contributed by atoms with van der Waals surface area (Å²) in [6, 6.07) is 7.67. The summed E-state index contributed by atoms with van der Waals surface area (Å²) in [6.45, 7) is 6.24. The van der Waals surface area contributed by atoms with Crippen LogP contribution in [0.15, 0.2) is 29.4 Å². The molecule has 1 atom stereocenters. The van der Waals surface area contributed by atoms with Gasteiger partial charge in [0.05, 0.1) is 5.92 Å². The maximum atomic E-state index is 12.5. The van der Waals surface area contributed by atoms with Crippen molar-refractivity contribution in [3.63, 3.8) is 0 Å². The van der Waals surface area contributed by atoms with E-state index in [9.17, 15) is 4.79 Å². The molecule has 0 aliphatic carbocycles. The molecule has 1 unspecified atom stereocenters. The lowest BCUT2D eigenvalue weighted by atomic mass is 10.0. The Hall–Kier alpha value is -2.04. The van der Waals surface area contributed by atoms with Crippen molar-refractivity contribution in [2.45, 2.75) is 27.2 Å². The van der Waals surface area contributed by atoms with Crippen molar-refractivity contribution in [3.8, 4) is 0 Å². The van der Waals surface area contributed by atoms with Crippen LogP contribution in [0.25, 0.3) is 0 Å². The molecule has 0 saturated heterocycles. The number of oxime groups is 1. The van der Waals surface area contributed by atoms with E-state index in [0.717, 1.165) is 11.3 Å². The molecule has 1 amide bonds. The van der Waals surface area contributed by atoms with Crippen LogP contribution >= 0.6 is 0 Å². The standard InChI is InChI=1S/C14H21N3O2/c1-4-11(13(15)16-19)14(18)17(5-2)12-9-7-6-8-10(12)3/h6-9,11,19H,4-5H2,1-3H3,(H2,15,16). The fourth-order valence-corrected chi connectivity index (χ4v) is 2.08. The predicted molar refractivity (Wildman–Crippen MR) is 76.4 cm³/mol. The van der Waals surface area contributed by atoms with Gasteiger partial charge in [-0.3, -0.25) is 4.79 Å². The summed E-state index contributed by atoms with van der Waals surface area (Å²) in [5, 5.41) is 11.7. The maximum absolute atomic E-state index is 12.5. The number of hydrogen-bond acceptors (Lipinski definition) is 3. The molecule has 19 heavy (non-hydrogen) atoms. The second kappa shape index (κ2) is 6.78. The van der Waals surface area contributed by atoms with Crippen LogP contribution in [-0.4, -0.2) is 23.5 Å². The van der Waals surface area contributed by atoms with Crippen molar-refractivity contribution in [2.24, 2.45) is 16.8 Å². The monoisotopic (exact) mass is 263 g/mol. The van der Waals surface area contributed by atoms with Gasteiger partial charge in [0.1, 0.15) is 0 Å². The van der Waals surface area contributed by atoms with E-state index in [0.29, 0.717) is 13.0 Å². The number of aryl methyl sites for hydroxylation is 1. The number of amidine groups is 1. The average molecular weight is 263 g/mol. The largest absolute Gasteiger partial charge is 0.409 e. The summed E-state index contributed by atoms with van der Waals surface area (Å²) in [5.74, 6) is -0.779. The summed E-state index contributed by atoms with van der Waals surface area (Å²) in [6.07, 6.45) is 0.497. The average Bonchev–Trinajstić information content (AvgIpc) is 2.42. The van der Waals surface area contributed by atoms with Gasteiger partial charge in [-0.1, -0.05) is 30.3 Å². The number of rotatable bonds is 5. The van der Waals surface area contributed by atoms with E-state index in [1.165, 1.54) is 0 Å². The first kappa shape index (κ1) is 15.0. The number of benzene rings is 1. The first-order valence-electron chi connectivity index (χ1n) is 6.41. The highest BCUT2D eigenvalue weighted by Crippen LogP contribution is 2.22. The first-order valence-corrected chi connectivity index (χ1v) is 6.41. The Bertz CT molecular complexity index is 472. The van der Waals surface area contributed by atoms with Gasteiger partial charge < -0.3 is 15.8 Å². The quantitative estimate of drug-likeness (QED) is 0.369. The van der Waals surface area contributed by atoms with Gasteiger partial charge in [-0.25, -0.2) is 0 Å². The minimum atomic E-state index is -0.593. The molecule has 0 bridgehead atoms. The molecule has 1 rings (SSSR count). The summed E-state index contributed by atoms with van der Waals surface area (Å²) in [5.41, 5.74) is 7.47. The molecule has 1 aromatic rings. The van der Waals surface area contributed by atoms with Crippen molar-refractivity contribution in [1.29, 1.82) is 0 Å². The molecule has 0 spiro atoms. The molecule has 0 saturated carbocycles. The third kappa shape index (κ3) is 3.24. The molecule has 0 radical (unpaired) electrons. The van der Waals surface area contributed by atoms with Gasteiger partial charge in [0, 0.05) is 12.2 Å². The SMILES string of the molecule is CCC(C(=O)N(CC)c1ccccc1C)C(N)=NO. The lowest BCUT2D eigenvalue weighted by molar-refractivity contribution is -0.120. The van der Waals surface area contributed by atoms with Gasteiger partial charge in [-0.05, 0) is 31.9 Å². The van der Waals surface area contributed by atoms with Crippen LogP contribution in [0.5, 0.6) is 0 Å². The van der Waals surface area contributed by atoms with Gasteiger partial charge in [-0.15, -0.1) is 0 Å². The Morgan fingerprint density at radius 3 is 2.53 bits per heavy atom. The van der Waals surface area contributed by atoms with E-state index in [2.05, 4.69) is 5.16 Å². The van der Waals surface area contributed by atoms with Crippen molar-refractivity contribution in [1.82, 2.24) is 0 Å². The maximum Gasteiger partial charge on any atom is 0.237 e. The van der Waals surface area contributed by atoms with E-state index in [4.69, 9.17) is 10.9 Å². The Morgan fingerprint density at radius 2 is 2.05 bits per heavy atom. The van der Waals surface area contributed by atoms with Gasteiger partial charge >= 0.3 is 0 Å². The van der Waals surface area contributed by atoms with E-state index in [-0.39, 0.29) is 11.7 Å². The highest BCUT2D eigenvalue weighted by Gasteiger charge is 2.27. The van der Waals surface area contributed by atoms with Crippen molar-refractivity contribution >= 4 is 17.4 Å². The number of anilines is 1. The number of carbonyl (C=O) groups excluding carboxylic acids is 1. The number of hydrogen-bond donors (Lipinski definition) is 2. The van der Waals surface area contributed by atoms with Gasteiger partial charge in [0.2, 0.25) is 5.91 Å². The lowest BCUT2D eigenvalue weighted by Crippen LogP contribution is -2.42. The van der Waals surface area contributed by atoms with Gasteiger partial charge in [-0.2, -0.15) is 0 Å². The Labute approximate surface area is 113 Å². The minimum Gasteiger partial charge on any atom is -0.409 e. The molecular weight excluding hydrogens is 242 g/mol. The van der Waals surface area contributed by atoms with E-state index >= 15 is 0 Å². The number of para-hydroxylation sites is 1. The van der Waals surface area contributed by atoms with Crippen LogP contribution in [0.4, 0.5) is 5.69 Å². The zero-order valence-electron chi connectivity index (χ0n) is 11.6. The van der Waals surface area contributed by atoms with Crippen LogP contribution in [0, 0.1) is 12.8 Å². The summed E-state index contributed by atoms with van der Waals surface area (Å²) in [4.78, 5) is 14.2. The molecule has 0 fully saturated rings. The molecule has 3 N–H and O–H groups in total. The second-order valence-corrected chi connectivity index (χ2v) is 4.35. The van der Waals surface area contributed by atoms with Crippen LogP contribution in [-0.2, 0) is 4.79 Å². The topological polar surface area (TPSA) is 78.9 Å². The summed E-state index contributed by atoms with van der Waals surface area (Å²) < 4.78 is 0. The molecule has 0 heterocycles. The van der Waals surface area contributed by atoms with E-state index in [1.54, 1.807) is 4.90 Å². The number of nitrogens with two attached hydrogens (primary N) is 1. The molecule has 0 aliphatic heterocycles. The highest BCUT2D eigenvalue weighted by molar-refractivity contribution is 6.09. The molecule has 104 valence electrons. The van der Waals surface area contributed by atoms with Crippen molar-refractivity contribution in [3.05, 3.63) is 29.8 Å². The van der Waals surface area contributed by atoms with Gasteiger partial charge in [0.25, 0.3) is 0 Å². The molecule has 0 aromatic heterocycles. The Kier molecular flexibility index (Phi) is 5.36. The lowest BCUT2D eigenvalue weighted by Gasteiger charge is -2.26. The molecule has 5 nitrogen and oxygen atoms in total. The van der Waals surface area contributed by atoms with Crippen LogP contribution in [0.1, 0.15) is 25.8 Å². The highest BCUT2D eigenvalue weighted by atomic mass is 16.4. The smallest absolute Gasteiger partial charge is 0.237 e. The molecule has 0 aliphatic rings. The minimum absolute atomic E-state index is 0.0421. The third-order valence-electron chi connectivity index (χ3n) is 3.17. The summed E-state index contributed by atoms with van der Waals surface area (Å²) in [7, 11) is 0. The Balaban J connectivity index is 3.10. The van der Waals surface area contributed by atoms with E-state index < -0.39 is 5.92 Å². The zero-order valence-corrected chi connectivity index (χ0v) is 11.6. The molecule has 5 heteroatoms. The second-order valence-electron chi connectivity index (χ2n) is 4.35. The van der Waals surface area contributed by atoms with Crippen molar-refractivity contribution in [2.75, 3.05) is 11.4 Å². The Morgan fingerprint density at radius 1 is 1.42 bits per heavy atom. The van der Waals surface area contributed by atoms with Crippen LogP contribution in [0.3, 0.4) is 0 Å². The summed E-state index contributed by atoms with van der Waals surface area (Å²) >= 11 is 0. The fourth-order valence-electron chi connectivity index (χ4n) is 2.08. The van der Waals surface area contributed by atoms with Crippen LogP contribution in [0.2, 0.25) is 0 Å². The molecule has 1 aromatic carbocycles.